The summed E-state index contributed by atoms with van der Waals surface area (Å²) in [5.41, 5.74) is 3.76. The van der Waals surface area contributed by atoms with Gasteiger partial charge in [-0.2, -0.15) is 0 Å². The molecule has 0 unspecified atom stereocenters. The van der Waals surface area contributed by atoms with Gasteiger partial charge in [-0.1, -0.05) is 56.8 Å². The lowest BCUT2D eigenvalue weighted by molar-refractivity contribution is -0.147. The van der Waals surface area contributed by atoms with Crippen LogP contribution in [0.1, 0.15) is 44.7 Å². The van der Waals surface area contributed by atoms with Crippen LogP contribution in [0.5, 0.6) is 0 Å². The Labute approximate surface area is 184 Å². The summed E-state index contributed by atoms with van der Waals surface area (Å²) in [4.78, 5) is 22.8. The van der Waals surface area contributed by atoms with Crippen molar-refractivity contribution in [3.8, 4) is 11.1 Å². The van der Waals surface area contributed by atoms with Crippen LogP contribution in [0.25, 0.3) is 11.1 Å². The maximum atomic E-state index is 14.4. The third-order valence-corrected chi connectivity index (χ3v) is 4.87. The van der Waals surface area contributed by atoms with Gasteiger partial charge in [-0.05, 0) is 54.5 Å². The molecule has 5 heteroatoms. The average molecular weight is 427 g/mol. The van der Waals surface area contributed by atoms with E-state index >= 15 is 0 Å². The first-order valence-electron chi connectivity index (χ1n) is 10.6. The van der Waals surface area contributed by atoms with Crippen molar-refractivity contribution in [1.29, 1.82) is 0 Å². The second kappa shape index (κ2) is 12.0. The summed E-state index contributed by atoms with van der Waals surface area (Å²) in [6.07, 6.45) is 2.98. The number of ether oxygens (including phenoxy) is 2. The Kier molecular flexibility index (Phi) is 9.44. The molecule has 0 aliphatic heterocycles. The van der Waals surface area contributed by atoms with E-state index < -0.39 is 5.97 Å². The molecular formula is C26H31FO4. The number of halogens is 1. The van der Waals surface area contributed by atoms with E-state index in [0.717, 1.165) is 30.4 Å². The predicted octanol–water partition coefficient (Wildman–Crippen LogP) is 5.68. The van der Waals surface area contributed by atoms with Crippen LogP contribution in [-0.2, 0) is 31.9 Å². The lowest BCUT2D eigenvalue weighted by atomic mass is 10.00. The van der Waals surface area contributed by atoms with Gasteiger partial charge in [0.25, 0.3) is 0 Å². The smallest absolute Gasteiger partial charge is 0.333 e. The van der Waals surface area contributed by atoms with Gasteiger partial charge < -0.3 is 9.47 Å². The second-order valence-corrected chi connectivity index (χ2v) is 7.95. The van der Waals surface area contributed by atoms with Gasteiger partial charge in [-0.3, -0.25) is 4.79 Å². The molecule has 0 amide bonds. The quantitative estimate of drug-likeness (QED) is 0.264. The van der Waals surface area contributed by atoms with Gasteiger partial charge in [-0.15, -0.1) is 0 Å². The fourth-order valence-corrected chi connectivity index (χ4v) is 2.94. The second-order valence-electron chi connectivity index (χ2n) is 7.95. The summed E-state index contributed by atoms with van der Waals surface area (Å²) < 4.78 is 24.7. The molecule has 2 rings (SSSR count). The number of benzene rings is 2. The van der Waals surface area contributed by atoms with E-state index in [0.29, 0.717) is 24.2 Å². The maximum Gasteiger partial charge on any atom is 0.333 e. The van der Waals surface area contributed by atoms with Crippen molar-refractivity contribution in [1.82, 2.24) is 0 Å². The molecule has 0 atom stereocenters. The standard InChI is InChI=1S/C26H31FO4/c1-18(2)25(28)30-15-6-5-7-20-8-10-21(11-9-20)23-13-12-22(24(27)17-23)14-16-31-26(29)19(3)4/h8-13,17-18H,3,5-7,14-16H2,1-2,4H3. The van der Waals surface area contributed by atoms with E-state index in [4.69, 9.17) is 9.47 Å². The van der Waals surface area contributed by atoms with Crippen molar-refractivity contribution < 1.29 is 23.5 Å². The topological polar surface area (TPSA) is 52.6 Å². The highest BCUT2D eigenvalue weighted by atomic mass is 19.1. The van der Waals surface area contributed by atoms with Crippen LogP contribution in [0.2, 0.25) is 0 Å². The fourth-order valence-electron chi connectivity index (χ4n) is 2.94. The van der Waals surface area contributed by atoms with Crippen molar-refractivity contribution in [3.05, 3.63) is 71.6 Å². The van der Waals surface area contributed by atoms with Gasteiger partial charge in [0, 0.05) is 12.0 Å². The Balaban J connectivity index is 1.84. The van der Waals surface area contributed by atoms with Crippen LogP contribution in [0.15, 0.2) is 54.6 Å². The third-order valence-electron chi connectivity index (χ3n) is 4.87. The number of hydrogen-bond donors (Lipinski definition) is 0. The monoisotopic (exact) mass is 426 g/mol. The Morgan fingerprint density at radius 3 is 2.23 bits per heavy atom. The first-order chi connectivity index (χ1) is 14.8. The van der Waals surface area contributed by atoms with Crippen molar-refractivity contribution >= 4 is 11.9 Å². The molecular weight excluding hydrogens is 395 g/mol. The van der Waals surface area contributed by atoms with Crippen LogP contribution < -0.4 is 0 Å². The van der Waals surface area contributed by atoms with Gasteiger partial charge in [0.05, 0.1) is 19.1 Å². The van der Waals surface area contributed by atoms with E-state index in [1.807, 2.05) is 44.2 Å². The number of rotatable bonds is 11. The van der Waals surface area contributed by atoms with Crippen molar-refractivity contribution in [2.75, 3.05) is 13.2 Å². The Morgan fingerprint density at radius 1 is 0.935 bits per heavy atom. The maximum absolute atomic E-state index is 14.4. The lowest BCUT2D eigenvalue weighted by Gasteiger charge is -2.09. The van der Waals surface area contributed by atoms with Gasteiger partial charge in [0.2, 0.25) is 0 Å². The number of hydrogen-bond acceptors (Lipinski definition) is 4. The fraction of sp³-hybridized carbons (Fsp3) is 0.385. The molecule has 0 saturated carbocycles. The molecule has 0 N–H and O–H groups in total. The van der Waals surface area contributed by atoms with Crippen molar-refractivity contribution in [3.63, 3.8) is 0 Å². The molecule has 0 radical (unpaired) electrons. The summed E-state index contributed by atoms with van der Waals surface area (Å²) in [5, 5.41) is 0. The zero-order valence-electron chi connectivity index (χ0n) is 18.6. The zero-order valence-corrected chi connectivity index (χ0v) is 18.6. The highest BCUT2D eigenvalue weighted by molar-refractivity contribution is 5.86. The highest BCUT2D eigenvalue weighted by Gasteiger charge is 2.09. The Bertz CT molecular complexity index is 900. The first kappa shape index (κ1) is 24.3. The number of esters is 2. The summed E-state index contributed by atoms with van der Waals surface area (Å²) in [5.74, 6) is -1.03. The minimum Gasteiger partial charge on any atom is -0.465 e. The molecule has 0 saturated heterocycles. The molecule has 166 valence electrons. The minimum absolute atomic E-state index is 0.0921. The highest BCUT2D eigenvalue weighted by Crippen LogP contribution is 2.23. The molecule has 0 aliphatic rings. The van der Waals surface area contributed by atoms with Crippen molar-refractivity contribution in [2.24, 2.45) is 5.92 Å². The average Bonchev–Trinajstić information content (AvgIpc) is 2.74. The summed E-state index contributed by atoms with van der Waals surface area (Å²) in [6.45, 7) is 9.32. The molecule has 4 nitrogen and oxygen atoms in total. The van der Waals surface area contributed by atoms with Crippen LogP contribution >= 0.6 is 0 Å². The molecule has 0 bridgehead atoms. The van der Waals surface area contributed by atoms with Gasteiger partial charge in [0.1, 0.15) is 5.82 Å². The van der Waals surface area contributed by atoms with Crippen molar-refractivity contribution in [2.45, 2.75) is 46.5 Å². The number of unbranched alkanes of at least 4 members (excludes halogenated alkanes) is 1. The molecule has 2 aromatic rings. The predicted molar refractivity (Wildman–Crippen MR) is 120 cm³/mol. The Morgan fingerprint density at radius 2 is 1.61 bits per heavy atom. The van der Waals surface area contributed by atoms with Gasteiger partial charge in [-0.25, -0.2) is 9.18 Å². The molecule has 0 aromatic heterocycles. The van der Waals surface area contributed by atoms with Gasteiger partial charge >= 0.3 is 11.9 Å². The number of aryl methyl sites for hydroxylation is 1. The van der Waals surface area contributed by atoms with E-state index in [1.54, 1.807) is 13.0 Å². The number of carbonyl (C=O) groups excluding carboxylic acids is 2. The minimum atomic E-state index is -0.464. The molecule has 0 heterocycles. The van der Waals surface area contributed by atoms with E-state index in [2.05, 4.69) is 6.58 Å². The SMILES string of the molecule is C=C(C)C(=O)OCCc1ccc(-c2ccc(CCCCOC(=O)C(C)C)cc2)cc1F. The zero-order chi connectivity index (χ0) is 22.8. The largest absolute Gasteiger partial charge is 0.465 e. The van der Waals surface area contributed by atoms with Crippen LogP contribution in [0.3, 0.4) is 0 Å². The summed E-state index contributed by atoms with van der Waals surface area (Å²) in [7, 11) is 0. The molecule has 31 heavy (non-hydrogen) atoms. The van der Waals surface area contributed by atoms with Crippen LogP contribution in [0, 0.1) is 11.7 Å². The van der Waals surface area contributed by atoms with Gasteiger partial charge in [0.15, 0.2) is 0 Å². The van der Waals surface area contributed by atoms with Crippen LogP contribution in [0.4, 0.5) is 4.39 Å². The summed E-state index contributed by atoms with van der Waals surface area (Å²) >= 11 is 0. The lowest BCUT2D eigenvalue weighted by Crippen LogP contribution is -2.12. The molecule has 0 fully saturated rings. The third kappa shape index (κ3) is 8.00. The first-order valence-corrected chi connectivity index (χ1v) is 10.6. The van der Waals surface area contributed by atoms with E-state index in [9.17, 15) is 14.0 Å². The molecule has 0 spiro atoms. The normalized spacial score (nSPS) is 10.7. The number of carbonyl (C=O) groups is 2. The molecule has 0 aliphatic carbocycles. The van der Waals surface area contributed by atoms with E-state index in [1.165, 1.54) is 11.6 Å². The molecule has 2 aromatic carbocycles. The Hall–Kier alpha value is -2.95. The van der Waals surface area contributed by atoms with E-state index in [-0.39, 0.29) is 24.3 Å². The summed E-state index contributed by atoms with van der Waals surface area (Å²) in [6, 6.07) is 13.2. The van der Waals surface area contributed by atoms with Crippen LogP contribution in [-0.4, -0.2) is 25.2 Å².